The number of hydrogen-bond acceptors (Lipinski definition) is 0. The van der Waals surface area contributed by atoms with Crippen molar-refractivity contribution in [2.24, 2.45) is 0 Å². The standard InChI is InChI=1S/C31H29Si2/c1-33(2,3)32-30(26-20-12-6-13-21-26)28(24-16-8-4-9-17-24)29(25-18-10-5-11-19-25)31(32)27-22-14-7-15-23-27/h4-23H,1-3H3/q-1. The van der Waals surface area contributed by atoms with E-state index in [0.29, 0.717) is 0 Å². The molecule has 0 fully saturated rings. The highest BCUT2D eigenvalue weighted by Gasteiger charge is 2.23. The highest BCUT2D eigenvalue weighted by molar-refractivity contribution is 7.32. The second-order valence-electron chi connectivity index (χ2n) is 9.59. The maximum atomic E-state index is 2.56. The second kappa shape index (κ2) is 8.97. The molecule has 0 bridgehead atoms. The molecule has 0 radical (unpaired) electrons. The first-order valence-electron chi connectivity index (χ1n) is 11.6. The first-order chi connectivity index (χ1) is 16.1. The summed E-state index contributed by atoms with van der Waals surface area (Å²) in [4.78, 5) is 0. The van der Waals surface area contributed by atoms with E-state index in [9.17, 15) is 0 Å². The fourth-order valence-corrected chi connectivity index (χ4v) is 14.8. The molecule has 0 nitrogen and oxygen atoms in total. The molecule has 0 aliphatic rings. The molecule has 5 rings (SSSR count). The Kier molecular flexibility index (Phi) is 5.88. The van der Waals surface area contributed by atoms with Crippen molar-refractivity contribution in [3.05, 3.63) is 121 Å². The van der Waals surface area contributed by atoms with E-state index in [2.05, 4.69) is 141 Å². The Morgan fingerprint density at radius 3 is 0.939 bits per heavy atom. The fraction of sp³-hybridized carbons (Fsp3) is 0.0968. The fourth-order valence-electron chi connectivity index (χ4n) is 4.95. The van der Waals surface area contributed by atoms with Crippen LogP contribution in [0.4, 0.5) is 0 Å². The van der Waals surface area contributed by atoms with Gasteiger partial charge in [0.25, 0.3) is 0 Å². The van der Waals surface area contributed by atoms with Gasteiger partial charge < -0.3 is 0 Å². The van der Waals surface area contributed by atoms with Gasteiger partial charge in [0, 0.05) is 0 Å². The van der Waals surface area contributed by atoms with Crippen LogP contribution in [0.15, 0.2) is 121 Å². The molecule has 0 amide bonds. The molecule has 0 unspecified atom stereocenters. The molecule has 5 aromatic rings. The maximum absolute atomic E-state index is 2.56. The van der Waals surface area contributed by atoms with Crippen LogP contribution in [0.3, 0.4) is 0 Å². The van der Waals surface area contributed by atoms with Gasteiger partial charge in [-0.1, -0.05) is 160 Å². The molecular formula is C31H29Si2-. The summed E-state index contributed by atoms with van der Waals surface area (Å²) in [7, 11) is -2.58. The monoisotopic (exact) mass is 457 g/mol. The van der Waals surface area contributed by atoms with Gasteiger partial charge in [-0.25, -0.2) is 7.91 Å². The van der Waals surface area contributed by atoms with E-state index in [1.54, 1.807) is 10.3 Å². The third-order valence-corrected chi connectivity index (χ3v) is 15.8. The SMILES string of the molecule is C[Si](C)(C)[si-]1c(-c2ccccc2)c(-c2ccccc2)c(-c2ccccc2)c1-c1ccccc1. The van der Waals surface area contributed by atoms with Crippen LogP contribution in [0.5, 0.6) is 0 Å². The van der Waals surface area contributed by atoms with Gasteiger partial charge in [0.1, 0.15) is 0 Å². The molecule has 1 aromatic heterocycles. The average Bonchev–Trinajstić information content (AvgIpc) is 3.23. The molecule has 2 heteroatoms. The lowest BCUT2D eigenvalue weighted by molar-refractivity contribution is 1.61. The van der Waals surface area contributed by atoms with Crippen LogP contribution in [0.25, 0.3) is 43.7 Å². The Balaban J connectivity index is 2.03. The van der Waals surface area contributed by atoms with E-state index in [1.165, 1.54) is 33.4 Å². The lowest BCUT2D eigenvalue weighted by Gasteiger charge is -2.35. The average molecular weight is 458 g/mol. The van der Waals surface area contributed by atoms with Crippen LogP contribution >= 0.6 is 0 Å². The minimum atomic E-state index is -1.58. The van der Waals surface area contributed by atoms with E-state index < -0.39 is 15.5 Å². The summed E-state index contributed by atoms with van der Waals surface area (Å²) in [6.07, 6.45) is 0. The molecular weight excluding hydrogens is 429 g/mol. The Labute approximate surface area is 199 Å². The summed E-state index contributed by atoms with van der Waals surface area (Å²) in [5.41, 5.74) is 8.27. The van der Waals surface area contributed by atoms with Gasteiger partial charge >= 0.3 is 0 Å². The van der Waals surface area contributed by atoms with E-state index >= 15 is 0 Å². The highest BCUT2D eigenvalue weighted by atomic mass is 29.2. The van der Waals surface area contributed by atoms with E-state index in [4.69, 9.17) is 0 Å². The minimum Gasteiger partial charge on any atom is -0.247 e. The smallest absolute Gasteiger partial charge is 0.0205 e. The molecule has 0 spiro atoms. The van der Waals surface area contributed by atoms with Gasteiger partial charge in [-0.2, -0.15) is 10.3 Å². The summed E-state index contributed by atoms with van der Waals surface area (Å²) in [5, 5.41) is 3.17. The van der Waals surface area contributed by atoms with Crippen molar-refractivity contribution in [3.63, 3.8) is 0 Å². The van der Waals surface area contributed by atoms with E-state index in [1.807, 2.05) is 0 Å². The van der Waals surface area contributed by atoms with Crippen LogP contribution in [0, 0.1) is 0 Å². The number of hydrogen-bond donors (Lipinski definition) is 0. The van der Waals surface area contributed by atoms with Crippen LogP contribution in [-0.4, -0.2) is 15.5 Å². The highest BCUT2D eigenvalue weighted by Crippen LogP contribution is 2.49. The molecule has 0 atom stereocenters. The van der Waals surface area contributed by atoms with Crippen molar-refractivity contribution in [2.45, 2.75) is 19.6 Å². The summed E-state index contributed by atoms with van der Waals surface area (Å²) in [5.74, 6) is 0. The third kappa shape index (κ3) is 4.12. The summed E-state index contributed by atoms with van der Waals surface area (Å²) >= 11 is 0. The second-order valence-corrected chi connectivity index (χ2v) is 21.8. The van der Waals surface area contributed by atoms with Crippen molar-refractivity contribution in [1.29, 1.82) is 0 Å². The zero-order valence-electron chi connectivity index (χ0n) is 19.5. The Hall–Kier alpha value is -3.21. The normalized spacial score (nSPS) is 11.5. The molecule has 0 N–H and O–H groups in total. The molecule has 33 heavy (non-hydrogen) atoms. The van der Waals surface area contributed by atoms with E-state index in [-0.39, 0.29) is 0 Å². The van der Waals surface area contributed by atoms with Crippen molar-refractivity contribution in [2.75, 3.05) is 0 Å². The molecule has 0 saturated carbocycles. The van der Waals surface area contributed by atoms with Gasteiger partial charge in [-0.3, -0.25) is 0 Å². The lowest BCUT2D eigenvalue weighted by atomic mass is 9.91. The van der Waals surface area contributed by atoms with Crippen molar-refractivity contribution < 1.29 is 0 Å². The Bertz CT molecular complexity index is 1240. The molecule has 1 heterocycles. The van der Waals surface area contributed by atoms with Gasteiger partial charge in [0.15, 0.2) is 0 Å². The van der Waals surface area contributed by atoms with Crippen LogP contribution in [0.2, 0.25) is 19.6 Å². The summed E-state index contributed by atoms with van der Waals surface area (Å²) in [6.45, 7) is 7.68. The molecule has 0 aliphatic carbocycles. The van der Waals surface area contributed by atoms with Crippen molar-refractivity contribution in [3.8, 4) is 43.7 Å². The van der Waals surface area contributed by atoms with Gasteiger partial charge in [-0.05, 0) is 22.3 Å². The predicted octanol–water partition coefficient (Wildman–Crippen LogP) is 8.78. The van der Waals surface area contributed by atoms with Gasteiger partial charge in [0.05, 0.1) is 0 Å². The zero-order chi connectivity index (χ0) is 22.8. The summed E-state index contributed by atoms with van der Waals surface area (Å²) < 4.78 is 0. The largest absolute Gasteiger partial charge is 0.247 e. The molecule has 0 aliphatic heterocycles. The molecule has 4 aromatic carbocycles. The van der Waals surface area contributed by atoms with Crippen molar-refractivity contribution in [1.82, 2.24) is 0 Å². The maximum Gasteiger partial charge on any atom is -0.0205 e. The van der Waals surface area contributed by atoms with Crippen LogP contribution < -0.4 is 0 Å². The predicted molar refractivity (Wildman–Crippen MR) is 148 cm³/mol. The molecule has 0 saturated heterocycles. The zero-order valence-corrected chi connectivity index (χ0v) is 21.5. The van der Waals surface area contributed by atoms with Gasteiger partial charge in [-0.15, -0.1) is 0 Å². The minimum absolute atomic E-state index is 1.00. The number of rotatable bonds is 5. The first kappa shape index (κ1) is 21.6. The quantitative estimate of drug-likeness (QED) is 0.231. The van der Waals surface area contributed by atoms with Crippen molar-refractivity contribution >= 4 is 15.5 Å². The lowest BCUT2D eigenvalue weighted by Crippen LogP contribution is -2.34. The summed E-state index contributed by atoms with van der Waals surface area (Å²) in [6, 6.07) is 44.4. The molecule has 162 valence electrons. The van der Waals surface area contributed by atoms with Gasteiger partial charge in [0.2, 0.25) is 0 Å². The number of benzene rings is 4. The third-order valence-electron chi connectivity index (χ3n) is 6.25. The Morgan fingerprint density at radius 2 is 0.667 bits per heavy atom. The van der Waals surface area contributed by atoms with Crippen LogP contribution in [0.1, 0.15) is 0 Å². The van der Waals surface area contributed by atoms with E-state index in [0.717, 1.165) is 0 Å². The Morgan fingerprint density at radius 1 is 0.394 bits per heavy atom. The topological polar surface area (TPSA) is 0 Å². The van der Waals surface area contributed by atoms with Crippen LogP contribution in [-0.2, 0) is 0 Å². The first-order valence-corrected chi connectivity index (χ1v) is 17.6.